The van der Waals surface area contributed by atoms with Crippen molar-refractivity contribution in [3.8, 4) is 0 Å². The van der Waals surface area contributed by atoms with Crippen molar-refractivity contribution in [2.24, 2.45) is 5.92 Å². The number of carboxylic acid groups (broad SMARTS) is 1. The molecule has 0 aromatic rings. The van der Waals surface area contributed by atoms with Crippen molar-refractivity contribution >= 4 is 5.97 Å². The quantitative estimate of drug-likeness (QED) is 0.202. The van der Waals surface area contributed by atoms with Gasteiger partial charge in [0.25, 0.3) is 17.4 Å². The molecule has 0 radical (unpaired) electrons. The minimum Gasteiger partial charge on any atom is -0.481 e. The zero-order chi connectivity index (χ0) is 15.7. The lowest BCUT2D eigenvalue weighted by Crippen LogP contribution is -2.90. The summed E-state index contributed by atoms with van der Waals surface area (Å²) in [6.07, 6.45) is 0. The van der Waals surface area contributed by atoms with Crippen LogP contribution in [-0.2, 0) is 4.79 Å². The number of rotatable bonds is 1. The molecule has 0 aromatic heterocycles. The highest BCUT2D eigenvalue weighted by Gasteiger charge is 2.87. The molecule has 0 amide bonds. The second-order valence-electron chi connectivity index (χ2n) is 4.24. The van der Waals surface area contributed by atoms with Gasteiger partial charge in [0.15, 0.2) is 5.92 Å². The highest BCUT2D eigenvalue weighted by atomic mass is 16.7. The Bertz CT molecular complexity index is 376. The third-order valence-corrected chi connectivity index (χ3v) is 3.05. The van der Waals surface area contributed by atoms with E-state index in [2.05, 4.69) is 0 Å². The van der Waals surface area contributed by atoms with Crippen LogP contribution in [0.25, 0.3) is 0 Å². The highest BCUT2D eigenvalue weighted by molar-refractivity contribution is 5.73. The summed E-state index contributed by atoms with van der Waals surface area (Å²) in [5.74, 6) is -29.0. The summed E-state index contributed by atoms with van der Waals surface area (Å²) in [5.41, 5.74) is 0. The Labute approximate surface area is 103 Å². The maximum atomic E-state index is 10.7. The van der Waals surface area contributed by atoms with Crippen molar-refractivity contribution in [3.63, 3.8) is 0 Å². The van der Waals surface area contributed by atoms with Gasteiger partial charge in [0.05, 0.1) is 0 Å². The summed E-state index contributed by atoms with van der Waals surface area (Å²) in [6.45, 7) is 0. The van der Waals surface area contributed by atoms with Crippen LogP contribution in [0, 0.1) is 5.92 Å². The van der Waals surface area contributed by atoms with Crippen LogP contribution < -0.4 is 0 Å². The average molecular weight is 288 g/mol. The van der Waals surface area contributed by atoms with Crippen molar-refractivity contribution in [3.05, 3.63) is 0 Å². The Hall–Kier alpha value is -0.930. The normalized spacial score (nSPS) is 30.8. The van der Waals surface area contributed by atoms with Crippen molar-refractivity contribution < 1.29 is 61.0 Å². The van der Waals surface area contributed by atoms with Gasteiger partial charge in [0, 0.05) is 0 Å². The summed E-state index contributed by atoms with van der Waals surface area (Å²) in [5, 5.41) is 101. The maximum absolute atomic E-state index is 10.7. The van der Waals surface area contributed by atoms with E-state index < -0.39 is 40.8 Å². The number of hydrogen-bond acceptors (Lipinski definition) is 11. The summed E-state index contributed by atoms with van der Waals surface area (Å²) in [4.78, 5) is 10.7. The molecule has 0 heterocycles. The predicted octanol–water partition coefficient (Wildman–Crippen LogP) is -6.89. The second kappa shape index (κ2) is 3.58. The van der Waals surface area contributed by atoms with Crippen molar-refractivity contribution in [2.45, 2.75) is 28.9 Å². The SMILES string of the molecule is O=C(O)C1C(O)(O)C(O)(O)C(O)(O)C(O)(O)C1(O)O. The van der Waals surface area contributed by atoms with Gasteiger partial charge in [-0.25, -0.2) is 0 Å². The molecule has 0 unspecified atom stereocenters. The van der Waals surface area contributed by atoms with Gasteiger partial charge >= 0.3 is 5.97 Å². The molecular weight excluding hydrogens is 276 g/mol. The van der Waals surface area contributed by atoms with Crippen molar-refractivity contribution in [1.82, 2.24) is 0 Å². The van der Waals surface area contributed by atoms with Crippen LogP contribution in [0.2, 0.25) is 0 Å². The average Bonchev–Trinajstić information content (AvgIpc) is 2.12. The highest BCUT2D eigenvalue weighted by Crippen LogP contribution is 2.51. The largest absolute Gasteiger partial charge is 0.481 e. The molecule has 0 bridgehead atoms. The molecule has 0 atom stereocenters. The van der Waals surface area contributed by atoms with Crippen LogP contribution in [0.4, 0.5) is 0 Å². The molecule has 1 aliphatic carbocycles. The van der Waals surface area contributed by atoms with E-state index in [0.29, 0.717) is 0 Å². The van der Waals surface area contributed by atoms with E-state index in [1.807, 2.05) is 0 Å². The topological polar surface area (TPSA) is 240 Å². The summed E-state index contributed by atoms with van der Waals surface area (Å²) in [7, 11) is 0. The standard InChI is InChI=1S/C7H12O12/c8-2(9)1-3(10,11)5(14,15)7(18,19)6(16,17)4(1,12)13/h1,10-19H,(H,8,9). The lowest BCUT2D eigenvalue weighted by atomic mass is 9.67. The fourth-order valence-electron chi connectivity index (χ4n) is 1.78. The zero-order valence-electron chi connectivity index (χ0n) is 8.90. The molecule has 19 heavy (non-hydrogen) atoms. The van der Waals surface area contributed by atoms with E-state index >= 15 is 0 Å². The van der Waals surface area contributed by atoms with E-state index in [1.54, 1.807) is 0 Å². The lowest BCUT2D eigenvalue weighted by Gasteiger charge is -2.58. The Morgan fingerprint density at radius 2 is 0.895 bits per heavy atom. The molecule has 0 aliphatic heterocycles. The van der Waals surface area contributed by atoms with E-state index in [9.17, 15) is 25.2 Å². The fraction of sp³-hybridized carbons (Fsp3) is 0.857. The minimum absolute atomic E-state index is 2.52. The molecule has 1 saturated carbocycles. The molecule has 12 heteroatoms. The smallest absolute Gasteiger partial charge is 0.318 e. The molecule has 11 N–H and O–H groups in total. The van der Waals surface area contributed by atoms with Crippen molar-refractivity contribution in [2.75, 3.05) is 0 Å². The van der Waals surface area contributed by atoms with Gasteiger partial charge in [-0.3, -0.25) is 4.79 Å². The van der Waals surface area contributed by atoms with Gasteiger partial charge in [-0.15, -0.1) is 0 Å². The number of carbonyl (C=O) groups is 1. The number of aliphatic hydroxyl groups is 10. The van der Waals surface area contributed by atoms with E-state index in [0.717, 1.165) is 0 Å². The fourth-order valence-corrected chi connectivity index (χ4v) is 1.78. The molecule has 0 spiro atoms. The third kappa shape index (κ3) is 1.49. The van der Waals surface area contributed by atoms with E-state index in [4.69, 9.17) is 35.7 Å². The second-order valence-corrected chi connectivity index (χ2v) is 4.24. The van der Waals surface area contributed by atoms with Crippen LogP contribution in [0.5, 0.6) is 0 Å². The van der Waals surface area contributed by atoms with Crippen molar-refractivity contribution in [1.29, 1.82) is 0 Å². The Balaban J connectivity index is 3.70. The first-order valence-corrected chi connectivity index (χ1v) is 4.53. The monoisotopic (exact) mass is 288 g/mol. The Morgan fingerprint density at radius 1 is 0.632 bits per heavy atom. The predicted molar refractivity (Wildman–Crippen MR) is 47.0 cm³/mol. The van der Waals surface area contributed by atoms with Gasteiger partial charge in [0.1, 0.15) is 0 Å². The van der Waals surface area contributed by atoms with E-state index in [-0.39, 0.29) is 0 Å². The van der Waals surface area contributed by atoms with Gasteiger partial charge in [-0.1, -0.05) is 0 Å². The third-order valence-electron chi connectivity index (χ3n) is 3.05. The molecule has 112 valence electrons. The Kier molecular flexibility index (Phi) is 3.04. The first-order chi connectivity index (χ1) is 8.07. The number of aliphatic carboxylic acids is 1. The van der Waals surface area contributed by atoms with Gasteiger partial charge in [-0.2, -0.15) is 0 Å². The molecule has 0 aromatic carbocycles. The van der Waals surface area contributed by atoms with Crippen LogP contribution in [0.15, 0.2) is 0 Å². The molecule has 0 saturated heterocycles. The maximum Gasteiger partial charge on any atom is 0.318 e. The molecule has 12 nitrogen and oxygen atoms in total. The first-order valence-electron chi connectivity index (χ1n) is 4.53. The molecule has 1 aliphatic rings. The lowest BCUT2D eigenvalue weighted by molar-refractivity contribution is -0.586. The van der Waals surface area contributed by atoms with Crippen LogP contribution in [0.1, 0.15) is 0 Å². The minimum atomic E-state index is -4.74. The zero-order valence-corrected chi connectivity index (χ0v) is 8.90. The van der Waals surface area contributed by atoms with Crippen LogP contribution in [-0.4, -0.2) is 91.1 Å². The Morgan fingerprint density at radius 3 is 1.11 bits per heavy atom. The molecule has 1 rings (SSSR count). The van der Waals surface area contributed by atoms with E-state index in [1.165, 1.54) is 0 Å². The summed E-state index contributed by atoms with van der Waals surface area (Å²) < 4.78 is 0. The van der Waals surface area contributed by atoms with Gasteiger partial charge < -0.3 is 56.2 Å². The summed E-state index contributed by atoms with van der Waals surface area (Å²) >= 11 is 0. The van der Waals surface area contributed by atoms with Gasteiger partial charge in [-0.05, 0) is 0 Å². The molecule has 1 fully saturated rings. The molecular formula is C7H12O12. The van der Waals surface area contributed by atoms with Gasteiger partial charge in [0.2, 0.25) is 11.6 Å². The number of hydrogen-bond donors (Lipinski definition) is 11. The van der Waals surface area contributed by atoms with Crippen LogP contribution >= 0.6 is 0 Å². The summed E-state index contributed by atoms with van der Waals surface area (Å²) in [6, 6.07) is 0. The van der Waals surface area contributed by atoms with Crippen LogP contribution in [0.3, 0.4) is 0 Å². The number of carboxylic acids is 1. The first kappa shape index (κ1) is 16.1.